The van der Waals surface area contributed by atoms with Crippen molar-refractivity contribution >= 4 is 16.0 Å². The first-order chi connectivity index (χ1) is 14.0. The first kappa shape index (κ1) is 21.3. The number of nitrogens with one attached hydrogen (secondary N) is 2. The summed E-state index contributed by atoms with van der Waals surface area (Å²) in [4.78, 5) is 4.23. The number of hydrogen-bond acceptors (Lipinski definition) is 5. The zero-order chi connectivity index (χ0) is 20.7. The van der Waals surface area contributed by atoms with E-state index in [4.69, 9.17) is 4.74 Å². The highest BCUT2D eigenvalue weighted by Gasteiger charge is 2.25. The fraction of sp³-hybridized carbons (Fsp3) is 0.474. The highest BCUT2D eigenvalue weighted by atomic mass is 32.2. The minimum atomic E-state index is -3.38. The average Bonchev–Trinajstić information content (AvgIpc) is 3.14. The Morgan fingerprint density at radius 2 is 1.83 bits per heavy atom. The Bertz CT molecular complexity index is 935. The minimum Gasteiger partial charge on any atom is -0.379 e. The van der Waals surface area contributed by atoms with Gasteiger partial charge in [0.1, 0.15) is 0 Å². The Labute approximate surface area is 171 Å². The van der Waals surface area contributed by atoms with Crippen LogP contribution < -0.4 is 10.6 Å². The first-order valence-corrected chi connectivity index (χ1v) is 11.1. The van der Waals surface area contributed by atoms with Crippen molar-refractivity contribution in [1.82, 2.24) is 24.7 Å². The van der Waals surface area contributed by atoms with Crippen LogP contribution in [0.2, 0.25) is 0 Å². The maximum absolute atomic E-state index is 12.8. The van der Waals surface area contributed by atoms with E-state index in [1.54, 1.807) is 17.9 Å². The molecular formula is C19H28N6O3S. The molecule has 2 aromatic rings. The molecule has 3 rings (SSSR count). The number of nitrogens with zero attached hydrogens (tertiary/aromatic N) is 4. The van der Waals surface area contributed by atoms with E-state index in [1.165, 1.54) is 4.31 Å². The molecule has 0 atom stereocenters. The van der Waals surface area contributed by atoms with Crippen LogP contribution in [0.25, 0.3) is 0 Å². The Hall–Kier alpha value is -2.43. The largest absolute Gasteiger partial charge is 0.379 e. The second kappa shape index (κ2) is 9.86. The molecule has 1 aliphatic rings. The maximum atomic E-state index is 12.8. The van der Waals surface area contributed by atoms with Gasteiger partial charge in [-0.2, -0.15) is 9.40 Å². The Morgan fingerprint density at radius 3 is 2.48 bits per heavy atom. The molecule has 1 saturated heterocycles. The summed E-state index contributed by atoms with van der Waals surface area (Å²) in [5.74, 6) is 0.614. The molecule has 0 aliphatic carbocycles. The van der Waals surface area contributed by atoms with E-state index in [0.717, 1.165) is 16.8 Å². The predicted octanol–water partition coefficient (Wildman–Crippen LogP) is 0.447. The minimum absolute atomic E-state index is 0.0219. The average molecular weight is 421 g/mol. The number of ether oxygens (including phenoxy) is 1. The van der Waals surface area contributed by atoms with Crippen molar-refractivity contribution < 1.29 is 13.2 Å². The maximum Gasteiger partial charge on any atom is 0.218 e. The van der Waals surface area contributed by atoms with Gasteiger partial charge in [0, 0.05) is 39.9 Å². The highest BCUT2D eigenvalue weighted by molar-refractivity contribution is 7.88. The number of rotatable bonds is 7. The molecule has 29 heavy (non-hydrogen) atoms. The van der Waals surface area contributed by atoms with Crippen molar-refractivity contribution in [2.45, 2.75) is 18.8 Å². The number of morpholine rings is 1. The van der Waals surface area contributed by atoms with Crippen molar-refractivity contribution in [3.8, 4) is 0 Å². The molecule has 1 fully saturated rings. The van der Waals surface area contributed by atoms with Crippen molar-refractivity contribution in [1.29, 1.82) is 0 Å². The number of aromatic nitrogens is 2. The molecule has 9 nitrogen and oxygen atoms in total. The lowest BCUT2D eigenvalue weighted by molar-refractivity contribution is 0.0729. The van der Waals surface area contributed by atoms with Crippen molar-refractivity contribution in [2.24, 2.45) is 12.0 Å². The van der Waals surface area contributed by atoms with Crippen LogP contribution in [-0.4, -0.2) is 61.8 Å². The third kappa shape index (κ3) is 5.78. The topological polar surface area (TPSA) is 101 Å². The molecule has 0 bridgehead atoms. The van der Waals surface area contributed by atoms with E-state index in [2.05, 4.69) is 20.7 Å². The highest BCUT2D eigenvalue weighted by Crippen LogP contribution is 2.16. The van der Waals surface area contributed by atoms with Gasteiger partial charge in [-0.15, -0.1) is 0 Å². The predicted molar refractivity (Wildman–Crippen MR) is 112 cm³/mol. The van der Waals surface area contributed by atoms with Gasteiger partial charge in [-0.25, -0.2) is 8.42 Å². The molecule has 0 saturated carbocycles. The van der Waals surface area contributed by atoms with Gasteiger partial charge < -0.3 is 15.4 Å². The first-order valence-electron chi connectivity index (χ1n) is 9.53. The van der Waals surface area contributed by atoms with Gasteiger partial charge in [0.2, 0.25) is 10.0 Å². The van der Waals surface area contributed by atoms with Gasteiger partial charge in [-0.3, -0.25) is 9.67 Å². The zero-order valence-corrected chi connectivity index (χ0v) is 17.7. The Balaban J connectivity index is 1.61. The summed E-state index contributed by atoms with van der Waals surface area (Å²) in [5.41, 5.74) is 2.74. The van der Waals surface area contributed by atoms with E-state index in [-0.39, 0.29) is 5.75 Å². The van der Waals surface area contributed by atoms with Gasteiger partial charge in [-0.05, 0) is 17.2 Å². The summed E-state index contributed by atoms with van der Waals surface area (Å²) in [7, 11) is 0.211. The second-order valence-electron chi connectivity index (χ2n) is 6.76. The molecule has 1 aliphatic heterocycles. The smallest absolute Gasteiger partial charge is 0.218 e. The van der Waals surface area contributed by atoms with Crippen molar-refractivity contribution in [2.75, 3.05) is 33.4 Å². The lowest BCUT2D eigenvalue weighted by atomic mass is 10.1. The SMILES string of the molecule is CN=C(NCc1ccccc1CS(=O)(=O)N1CCOCC1)NCc1ccnn1C. The van der Waals surface area contributed by atoms with Crippen LogP contribution >= 0.6 is 0 Å². The fourth-order valence-electron chi connectivity index (χ4n) is 3.13. The molecule has 0 radical (unpaired) electrons. The third-order valence-electron chi connectivity index (χ3n) is 4.85. The molecule has 0 unspecified atom stereocenters. The van der Waals surface area contributed by atoms with Crippen molar-refractivity contribution in [3.05, 3.63) is 53.3 Å². The van der Waals surface area contributed by atoms with E-state index in [1.807, 2.05) is 37.4 Å². The molecule has 10 heteroatoms. The van der Waals surface area contributed by atoms with E-state index in [9.17, 15) is 8.42 Å². The standard InChI is InChI=1S/C19H28N6O3S/c1-20-19(22-14-18-7-8-23-24(18)2)21-13-16-5-3-4-6-17(16)15-29(26,27)25-9-11-28-12-10-25/h3-8H,9-15H2,1-2H3,(H2,20,21,22). The molecule has 1 aromatic heterocycles. The summed E-state index contributed by atoms with van der Waals surface area (Å²) >= 11 is 0. The van der Waals surface area contributed by atoms with Crippen LogP contribution in [0.1, 0.15) is 16.8 Å². The summed E-state index contributed by atoms with van der Waals surface area (Å²) in [5, 5.41) is 10.6. The third-order valence-corrected chi connectivity index (χ3v) is 6.68. The molecule has 1 aromatic carbocycles. The van der Waals surface area contributed by atoms with Crippen LogP contribution in [0.4, 0.5) is 0 Å². The summed E-state index contributed by atoms with van der Waals surface area (Å²) in [6.07, 6.45) is 1.75. The monoisotopic (exact) mass is 420 g/mol. The Kier molecular flexibility index (Phi) is 7.24. The van der Waals surface area contributed by atoms with Crippen molar-refractivity contribution in [3.63, 3.8) is 0 Å². The fourth-order valence-corrected chi connectivity index (χ4v) is 4.69. The lowest BCUT2D eigenvalue weighted by Gasteiger charge is -2.26. The van der Waals surface area contributed by atoms with Gasteiger partial charge in [0.15, 0.2) is 5.96 Å². The van der Waals surface area contributed by atoms with E-state index < -0.39 is 10.0 Å². The van der Waals surface area contributed by atoms with Gasteiger partial charge in [0.05, 0.1) is 31.2 Å². The van der Waals surface area contributed by atoms with Crippen LogP contribution in [0.15, 0.2) is 41.5 Å². The summed E-state index contributed by atoms with van der Waals surface area (Å²) in [6.45, 7) is 2.77. The molecule has 2 N–H and O–H groups in total. The number of aliphatic imine (C=N–C) groups is 1. The van der Waals surface area contributed by atoms with E-state index in [0.29, 0.717) is 45.4 Å². The number of aryl methyl sites for hydroxylation is 1. The van der Waals surface area contributed by atoms with Crippen LogP contribution in [0.3, 0.4) is 0 Å². The zero-order valence-electron chi connectivity index (χ0n) is 16.8. The van der Waals surface area contributed by atoms with Gasteiger partial charge >= 0.3 is 0 Å². The number of sulfonamides is 1. The summed E-state index contributed by atoms with van der Waals surface area (Å²) < 4.78 is 34.1. The van der Waals surface area contributed by atoms with Crippen LogP contribution in [-0.2, 0) is 40.7 Å². The van der Waals surface area contributed by atoms with Gasteiger partial charge in [-0.1, -0.05) is 24.3 Å². The Morgan fingerprint density at radius 1 is 1.14 bits per heavy atom. The molecule has 0 spiro atoms. The molecule has 2 heterocycles. The normalized spacial score (nSPS) is 16.0. The van der Waals surface area contributed by atoms with Crippen LogP contribution in [0.5, 0.6) is 0 Å². The van der Waals surface area contributed by atoms with Crippen LogP contribution in [0, 0.1) is 0 Å². The van der Waals surface area contributed by atoms with Gasteiger partial charge in [0.25, 0.3) is 0 Å². The molecule has 0 amide bonds. The number of guanidine groups is 1. The lowest BCUT2D eigenvalue weighted by Crippen LogP contribution is -2.41. The summed E-state index contributed by atoms with van der Waals surface area (Å²) in [6, 6.07) is 9.51. The molecule has 158 valence electrons. The number of hydrogen-bond donors (Lipinski definition) is 2. The van der Waals surface area contributed by atoms with E-state index >= 15 is 0 Å². The quantitative estimate of drug-likeness (QED) is 0.498. The number of benzene rings is 1. The molecular weight excluding hydrogens is 392 g/mol. The second-order valence-corrected chi connectivity index (χ2v) is 8.73.